The lowest BCUT2D eigenvalue weighted by Crippen LogP contribution is -2.48. The van der Waals surface area contributed by atoms with Crippen molar-refractivity contribution in [1.29, 1.82) is 0 Å². The van der Waals surface area contributed by atoms with Gasteiger partial charge < -0.3 is 19.5 Å². The van der Waals surface area contributed by atoms with E-state index in [0.717, 1.165) is 56.5 Å². The van der Waals surface area contributed by atoms with Crippen LogP contribution in [0.4, 0.5) is 0 Å². The molecule has 1 atom stereocenters. The summed E-state index contributed by atoms with van der Waals surface area (Å²) in [5.41, 5.74) is 2.20. The fourth-order valence-electron chi connectivity index (χ4n) is 3.95. The molecule has 0 spiro atoms. The first-order valence-electron chi connectivity index (χ1n) is 10.9. The topological polar surface area (TPSA) is 63.3 Å². The first-order valence-corrected chi connectivity index (χ1v) is 10.9. The zero-order chi connectivity index (χ0) is 21.5. The van der Waals surface area contributed by atoms with Gasteiger partial charge in [-0.2, -0.15) is 0 Å². The van der Waals surface area contributed by atoms with Crippen LogP contribution in [0.5, 0.6) is 11.5 Å². The highest BCUT2D eigenvalue weighted by Gasteiger charge is 2.22. The summed E-state index contributed by atoms with van der Waals surface area (Å²) in [6, 6.07) is 16.3. The zero-order valence-corrected chi connectivity index (χ0v) is 18.1. The largest absolute Gasteiger partial charge is 0.454 e. The van der Waals surface area contributed by atoms with E-state index in [9.17, 15) is 4.79 Å². The van der Waals surface area contributed by atoms with Crippen LogP contribution in [-0.2, 0) is 22.6 Å². The maximum Gasteiger partial charge on any atom is 0.234 e. The maximum atomic E-state index is 12.8. The Morgan fingerprint density at radius 1 is 1.06 bits per heavy atom. The molecule has 0 aromatic heterocycles. The molecular formula is C24H31N3O4. The molecule has 2 aliphatic heterocycles. The number of nitrogens with one attached hydrogen (secondary N) is 1. The maximum absolute atomic E-state index is 12.8. The van der Waals surface area contributed by atoms with Crippen molar-refractivity contribution >= 4 is 5.91 Å². The smallest absolute Gasteiger partial charge is 0.234 e. The van der Waals surface area contributed by atoms with Crippen LogP contribution < -0.4 is 14.8 Å². The second-order valence-corrected chi connectivity index (χ2v) is 8.12. The molecule has 0 radical (unpaired) electrons. The van der Waals surface area contributed by atoms with Crippen LogP contribution in [0.25, 0.3) is 0 Å². The van der Waals surface area contributed by atoms with Crippen molar-refractivity contribution in [3.8, 4) is 11.5 Å². The Morgan fingerprint density at radius 2 is 1.84 bits per heavy atom. The molecule has 2 aliphatic rings. The predicted molar refractivity (Wildman–Crippen MR) is 118 cm³/mol. The average molecular weight is 426 g/mol. The molecule has 1 unspecified atom stereocenters. The summed E-state index contributed by atoms with van der Waals surface area (Å²) >= 11 is 0. The first-order chi connectivity index (χ1) is 15.2. The Kier molecular flexibility index (Phi) is 7.40. The number of ether oxygens (including phenoxy) is 3. The van der Waals surface area contributed by atoms with Gasteiger partial charge in [-0.3, -0.25) is 14.6 Å². The van der Waals surface area contributed by atoms with Gasteiger partial charge >= 0.3 is 0 Å². The van der Waals surface area contributed by atoms with Crippen LogP contribution in [-0.4, -0.2) is 67.9 Å². The van der Waals surface area contributed by atoms with E-state index in [1.165, 1.54) is 5.56 Å². The van der Waals surface area contributed by atoms with E-state index >= 15 is 0 Å². The summed E-state index contributed by atoms with van der Waals surface area (Å²) in [6.45, 7) is 8.37. The summed E-state index contributed by atoms with van der Waals surface area (Å²) in [7, 11) is 0. The van der Waals surface area contributed by atoms with Gasteiger partial charge in [-0.1, -0.05) is 36.4 Å². The molecule has 2 aromatic carbocycles. The van der Waals surface area contributed by atoms with Crippen molar-refractivity contribution in [1.82, 2.24) is 15.1 Å². The normalized spacial score (nSPS) is 17.0. The molecular weight excluding hydrogens is 394 g/mol. The second kappa shape index (κ2) is 10.6. The summed E-state index contributed by atoms with van der Waals surface area (Å²) in [6.07, 6.45) is 0. The molecule has 1 N–H and O–H groups in total. The van der Waals surface area contributed by atoms with Crippen molar-refractivity contribution in [2.75, 3.05) is 46.2 Å². The molecule has 2 aromatic rings. The molecule has 31 heavy (non-hydrogen) atoms. The highest BCUT2D eigenvalue weighted by Crippen LogP contribution is 2.32. The van der Waals surface area contributed by atoms with E-state index < -0.39 is 0 Å². The van der Waals surface area contributed by atoms with Gasteiger partial charge in [0, 0.05) is 38.8 Å². The molecule has 2 heterocycles. The van der Waals surface area contributed by atoms with Crippen LogP contribution in [0, 0.1) is 0 Å². The highest BCUT2D eigenvalue weighted by molar-refractivity contribution is 5.78. The van der Waals surface area contributed by atoms with Crippen molar-refractivity contribution in [3.05, 3.63) is 59.7 Å². The fourth-order valence-corrected chi connectivity index (χ4v) is 3.95. The highest BCUT2D eigenvalue weighted by atomic mass is 16.7. The number of benzene rings is 2. The van der Waals surface area contributed by atoms with Crippen LogP contribution in [0.3, 0.4) is 0 Å². The summed E-state index contributed by atoms with van der Waals surface area (Å²) < 4.78 is 16.2. The van der Waals surface area contributed by atoms with E-state index in [4.69, 9.17) is 14.2 Å². The SMILES string of the molecule is CC(CN1CCOCC1)N(CC(=O)NCc1ccc2c(c1)OCO2)Cc1ccccc1. The summed E-state index contributed by atoms with van der Waals surface area (Å²) in [5, 5.41) is 3.05. The van der Waals surface area contributed by atoms with Crippen LogP contribution in [0.15, 0.2) is 48.5 Å². The number of carbonyl (C=O) groups is 1. The average Bonchev–Trinajstić information content (AvgIpc) is 3.26. The van der Waals surface area contributed by atoms with E-state index in [1.807, 2.05) is 36.4 Å². The Balaban J connectivity index is 1.35. The third-order valence-corrected chi connectivity index (χ3v) is 5.75. The van der Waals surface area contributed by atoms with Gasteiger partial charge in [-0.05, 0) is 30.2 Å². The number of amides is 1. The van der Waals surface area contributed by atoms with E-state index in [-0.39, 0.29) is 18.7 Å². The summed E-state index contributed by atoms with van der Waals surface area (Å²) in [5.74, 6) is 1.50. The standard InChI is InChI=1S/C24H31N3O4/c1-19(15-26-9-11-29-12-10-26)27(16-20-5-3-2-4-6-20)17-24(28)25-14-21-7-8-22-23(13-21)31-18-30-22/h2-8,13,19H,9-12,14-18H2,1H3,(H,25,28). The van der Waals surface area contributed by atoms with Gasteiger partial charge in [0.2, 0.25) is 12.7 Å². The number of nitrogens with zero attached hydrogens (tertiary/aromatic N) is 2. The number of hydrogen-bond donors (Lipinski definition) is 1. The predicted octanol–water partition coefficient (Wildman–Crippen LogP) is 2.25. The van der Waals surface area contributed by atoms with Crippen molar-refractivity contribution in [3.63, 3.8) is 0 Å². The Bertz CT molecular complexity index is 855. The van der Waals surface area contributed by atoms with Crippen LogP contribution in [0.1, 0.15) is 18.1 Å². The minimum atomic E-state index is 0.0161. The van der Waals surface area contributed by atoms with E-state index in [1.54, 1.807) is 0 Å². The number of morpholine rings is 1. The van der Waals surface area contributed by atoms with Crippen LogP contribution >= 0.6 is 0 Å². The Morgan fingerprint density at radius 3 is 2.65 bits per heavy atom. The molecule has 166 valence electrons. The molecule has 1 amide bonds. The lowest BCUT2D eigenvalue weighted by Gasteiger charge is -2.34. The molecule has 1 fully saturated rings. The van der Waals surface area contributed by atoms with Gasteiger partial charge in [0.25, 0.3) is 0 Å². The molecule has 1 saturated heterocycles. The number of carbonyl (C=O) groups excluding carboxylic acids is 1. The third kappa shape index (κ3) is 6.19. The minimum Gasteiger partial charge on any atom is -0.454 e. The van der Waals surface area contributed by atoms with Crippen molar-refractivity contribution < 1.29 is 19.0 Å². The van der Waals surface area contributed by atoms with Gasteiger partial charge in [-0.25, -0.2) is 0 Å². The Labute approximate surface area is 183 Å². The number of rotatable bonds is 9. The number of hydrogen-bond acceptors (Lipinski definition) is 6. The number of fused-ring (bicyclic) bond motifs is 1. The van der Waals surface area contributed by atoms with Crippen molar-refractivity contribution in [2.24, 2.45) is 0 Å². The van der Waals surface area contributed by atoms with Gasteiger partial charge in [0.05, 0.1) is 19.8 Å². The van der Waals surface area contributed by atoms with E-state index in [2.05, 4.69) is 34.2 Å². The van der Waals surface area contributed by atoms with Crippen LogP contribution in [0.2, 0.25) is 0 Å². The molecule has 0 bridgehead atoms. The lowest BCUT2D eigenvalue weighted by atomic mass is 10.1. The molecule has 7 heteroatoms. The molecule has 0 aliphatic carbocycles. The third-order valence-electron chi connectivity index (χ3n) is 5.75. The molecule has 7 nitrogen and oxygen atoms in total. The summed E-state index contributed by atoms with van der Waals surface area (Å²) in [4.78, 5) is 17.5. The molecule has 0 saturated carbocycles. The lowest BCUT2D eigenvalue weighted by molar-refractivity contribution is -0.123. The van der Waals surface area contributed by atoms with Gasteiger partial charge in [-0.15, -0.1) is 0 Å². The minimum absolute atomic E-state index is 0.0161. The fraction of sp³-hybridized carbons (Fsp3) is 0.458. The monoisotopic (exact) mass is 425 g/mol. The quantitative estimate of drug-likeness (QED) is 0.665. The zero-order valence-electron chi connectivity index (χ0n) is 18.1. The van der Waals surface area contributed by atoms with E-state index in [0.29, 0.717) is 13.1 Å². The van der Waals surface area contributed by atoms with Gasteiger partial charge in [0.1, 0.15) is 0 Å². The second-order valence-electron chi connectivity index (χ2n) is 8.12. The van der Waals surface area contributed by atoms with Crippen molar-refractivity contribution in [2.45, 2.75) is 26.1 Å². The van der Waals surface area contributed by atoms with Gasteiger partial charge in [0.15, 0.2) is 11.5 Å². The first kappa shape index (κ1) is 21.6. The Hall–Kier alpha value is -2.61. The molecule has 4 rings (SSSR count).